The molecule has 0 unspecified atom stereocenters. The van der Waals surface area contributed by atoms with Gasteiger partial charge in [0.2, 0.25) is 0 Å². The van der Waals surface area contributed by atoms with Gasteiger partial charge in [-0.15, -0.1) is 0 Å². The van der Waals surface area contributed by atoms with E-state index in [1.54, 1.807) is 16.9 Å². The molecule has 2 N–H and O–H groups in total. The molecule has 0 aromatic carbocycles. The molecule has 0 atom stereocenters. The Morgan fingerprint density at radius 3 is 3.08 bits per heavy atom. The summed E-state index contributed by atoms with van der Waals surface area (Å²) in [4.78, 5) is 4.09. The maximum atomic E-state index is 5.81. The second-order valence-electron chi connectivity index (χ2n) is 2.75. The first-order valence-electron chi connectivity index (χ1n) is 4.00. The van der Waals surface area contributed by atoms with Crippen LogP contribution in [0.4, 0.5) is 5.69 Å². The second kappa shape index (κ2) is 2.88. The topological polar surface area (TPSA) is 56.2 Å². The van der Waals surface area contributed by atoms with Crippen LogP contribution >= 0.6 is 11.6 Å². The number of anilines is 1. The molecule has 0 spiro atoms. The lowest BCUT2D eigenvalue weighted by molar-refractivity contribution is 0.887. The molecule has 2 rings (SSSR count). The molecular weight excluding hydrogens is 188 g/mol. The van der Waals surface area contributed by atoms with Gasteiger partial charge >= 0.3 is 0 Å². The van der Waals surface area contributed by atoms with Crippen LogP contribution in [0.1, 0.15) is 12.6 Å². The maximum Gasteiger partial charge on any atom is 0.178 e. The predicted octanol–water partition coefficient (Wildman–Crippen LogP) is 1.53. The van der Waals surface area contributed by atoms with Crippen molar-refractivity contribution in [3.8, 4) is 0 Å². The standard InChI is InChI=1S/C8H9ClN4/c1-2-6-7(10)8-11-3-5(9)4-13(8)12-6/h3-4H,2,10H2,1H3. The highest BCUT2D eigenvalue weighted by atomic mass is 35.5. The zero-order valence-electron chi connectivity index (χ0n) is 7.16. The van der Waals surface area contributed by atoms with E-state index >= 15 is 0 Å². The van der Waals surface area contributed by atoms with E-state index in [1.807, 2.05) is 6.92 Å². The van der Waals surface area contributed by atoms with Crippen molar-refractivity contribution >= 4 is 22.9 Å². The summed E-state index contributed by atoms with van der Waals surface area (Å²) in [7, 11) is 0. The first-order valence-corrected chi connectivity index (χ1v) is 4.38. The van der Waals surface area contributed by atoms with Crippen LogP contribution < -0.4 is 5.73 Å². The van der Waals surface area contributed by atoms with Crippen LogP contribution in [0, 0.1) is 0 Å². The van der Waals surface area contributed by atoms with Crippen molar-refractivity contribution in [2.45, 2.75) is 13.3 Å². The third-order valence-electron chi connectivity index (χ3n) is 1.89. The minimum absolute atomic E-state index is 0.553. The Hall–Kier alpha value is -1.29. The summed E-state index contributed by atoms with van der Waals surface area (Å²) in [5.41, 5.74) is 7.97. The molecule has 0 aliphatic carbocycles. The Morgan fingerprint density at radius 2 is 2.38 bits per heavy atom. The Balaban J connectivity index is 2.76. The van der Waals surface area contributed by atoms with Crippen LogP contribution in [-0.4, -0.2) is 14.6 Å². The number of halogens is 1. The van der Waals surface area contributed by atoms with Gasteiger partial charge in [-0.2, -0.15) is 5.10 Å². The van der Waals surface area contributed by atoms with Crippen molar-refractivity contribution in [1.29, 1.82) is 0 Å². The first-order chi connectivity index (χ1) is 6.22. The van der Waals surface area contributed by atoms with E-state index in [4.69, 9.17) is 17.3 Å². The number of hydrogen-bond donors (Lipinski definition) is 1. The molecule has 0 fully saturated rings. The minimum Gasteiger partial charge on any atom is -0.394 e. The molecule has 2 aromatic rings. The maximum absolute atomic E-state index is 5.81. The fourth-order valence-electron chi connectivity index (χ4n) is 1.24. The molecule has 0 radical (unpaired) electrons. The van der Waals surface area contributed by atoms with Crippen molar-refractivity contribution < 1.29 is 0 Å². The molecule has 0 amide bonds. The monoisotopic (exact) mass is 196 g/mol. The number of fused-ring (bicyclic) bond motifs is 1. The lowest BCUT2D eigenvalue weighted by Crippen LogP contribution is -1.90. The second-order valence-corrected chi connectivity index (χ2v) is 3.19. The SMILES string of the molecule is CCc1nn2cc(Cl)cnc2c1N. The van der Waals surface area contributed by atoms with E-state index in [-0.39, 0.29) is 0 Å². The summed E-state index contributed by atoms with van der Waals surface area (Å²) in [5, 5.41) is 4.79. The van der Waals surface area contributed by atoms with Gasteiger partial charge in [-0.3, -0.25) is 0 Å². The number of rotatable bonds is 1. The van der Waals surface area contributed by atoms with Crippen molar-refractivity contribution in [3.63, 3.8) is 0 Å². The lowest BCUT2D eigenvalue weighted by atomic mass is 10.3. The van der Waals surface area contributed by atoms with Crippen LogP contribution in [0.2, 0.25) is 5.02 Å². The zero-order valence-corrected chi connectivity index (χ0v) is 7.91. The van der Waals surface area contributed by atoms with Crippen molar-refractivity contribution in [2.24, 2.45) is 0 Å². The highest BCUT2D eigenvalue weighted by Gasteiger charge is 2.08. The Labute approximate surface area is 80.3 Å². The van der Waals surface area contributed by atoms with E-state index in [2.05, 4.69) is 10.1 Å². The third kappa shape index (κ3) is 1.23. The number of nitrogens with two attached hydrogens (primary N) is 1. The predicted molar refractivity (Wildman–Crippen MR) is 51.8 cm³/mol. The molecular formula is C8H9ClN4. The van der Waals surface area contributed by atoms with Crippen molar-refractivity contribution in [2.75, 3.05) is 5.73 Å². The minimum atomic E-state index is 0.553. The Bertz CT molecular complexity index is 449. The normalized spacial score (nSPS) is 10.9. The van der Waals surface area contributed by atoms with Gasteiger partial charge in [-0.25, -0.2) is 9.50 Å². The molecule has 0 saturated carbocycles. The van der Waals surface area contributed by atoms with E-state index in [1.165, 1.54) is 0 Å². The highest BCUT2D eigenvalue weighted by molar-refractivity contribution is 6.30. The average molecular weight is 197 g/mol. The molecule has 68 valence electrons. The molecule has 4 nitrogen and oxygen atoms in total. The summed E-state index contributed by atoms with van der Waals surface area (Å²) in [6, 6.07) is 0. The van der Waals surface area contributed by atoms with Gasteiger partial charge < -0.3 is 5.73 Å². The lowest BCUT2D eigenvalue weighted by Gasteiger charge is -1.92. The van der Waals surface area contributed by atoms with Gasteiger partial charge in [0.15, 0.2) is 5.65 Å². The van der Waals surface area contributed by atoms with Crippen LogP contribution in [-0.2, 0) is 6.42 Å². The van der Waals surface area contributed by atoms with Gasteiger partial charge in [-0.1, -0.05) is 18.5 Å². The van der Waals surface area contributed by atoms with Crippen LogP contribution in [0.5, 0.6) is 0 Å². The zero-order chi connectivity index (χ0) is 9.42. The van der Waals surface area contributed by atoms with Gasteiger partial charge in [0.05, 0.1) is 16.9 Å². The number of nitrogens with zero attached hydrogens (tertiary/aromatic N) is 3. The fourth-order valence-corrected chi connectivity index (χ4v) is 1.38. The quantitative estimate of drug-likeness (QED) is 0.753. The molecule has 13 heavy (non-hydrogen) atoms. The molecule has 0 bridgehead atoms. The number of aromatic nitrogens is 3. The summed E-state index contributed by atoms with van der Waals surface area (Å²) in [6.07, 6.45) is 4.06. The van der Waals surface area contributed by atoms with E-state index in [0.29, 0.717) is 16.4 Å². The van der Waals surface area contributed by atoms with Crippen molar-refractivity contribution in [3.05, 3.63) is 23.1 Å². The highest BCUT2D eigenvalue weighted by Crippen LogP contribution is 2.18. The summed E-state index contributed by atoms with van der Waals surface area (Å²) < 4.78 is 1.61. The molecule has 0 saturated heterocycles. The fraction of sp³-hybridized carbons (Fsp3) is 0.250. The smallest absolute Gasteiger partial charge is 0.178 e. The van der Waals surface area contributed by atoms with E-state index in [9.17, 15) is 0 Å². The average Bonchev–Trinajstić information content (AvgIpc) is 2.42. The summed E-state index contributed by atoms with van der Waals surface area (Å²) in [5.74, 6) is 0. The van der Waals surface area contributed by atoms with Crippen LogP contribution in [0.25, 0.3) is 5.65 Å². The molecule has 2 heterocycles. The van der Waals surface area contributed by atoms with Crippen LogP contribution in [0.3, 0.4) is 0 Å². The Kier molecular flexibility index (Phi) is 1.84. The number of nitrogen functional groups attached to an aromatic ring is 1. The third-order valence-corrected chi connectivity index (χ3v) is 2.08. The van der Waals surface area contributed by atoms with E-state index < -0.39 is 0 Å². The number of aryl methyl sites for hydroxylation is 1. The summed E-state index contributed by atoms with van der Waals surface area (Å²) in [6.45, 7) is 2.00. The number of hydrogen-bond acceptors (Lipinski definition) is 3. The van der Waals surface area contributed by atoms with Gasteiger partial charge in [-0.05, 0) is 6.42 Å². The summed E-state index contributed by atoms with van der Waals surface area (Å²) >= 11 is 5.76. The molecule has 0 aliphatic rings. The largest absolute Gasteiger partial charge is 0.394 e. The molecule has 5 heteroatoms. The van der Waals surface area contributed by atoms with Gasteiger partial charge in [0, 0.05) is 6.20 Å². The van der Waals surface area contributed by atoms with Crippen LogP contribution in [0.15, 0.2) is 12.4 Å². The first kappa shape index (κ1) is 8.31. The van der Waals surface area contributed by atoms with Gasteiger partial charge in [0.25, 0.3) is 0 Å². The molecule has 0 aliphatic heterocycles. The van der Waals surface area contributed by atoms with E-state index in [0.717, 1.165) is 12.1 Å². The van der Waals surface area contributed by atoms with Crippen molar-refractivity contribution in [1.82, 2.24) is 14.6 Å². The van der Waals surface area contributed by atoms with Gasteiger partial charge in [0.1, 0.15) is 5.69 Å². The molecule has 2 aromatic heterocycles. The Morgan fingerprint density at radius 1 is 1.62 bits per heavy atom.